The molecule has 1 heterocycles. The van der Waals surface area contributed by atoms with E-state index in [-0.39, 0.29) is 10.5 Å². The molecule has 1 aromatic heterocycles. The molecule has 0 atom stereocenters. The van der Waals surface area contributed by atoms with Crippen molar-refractivity contribution in [2.75, 3.05) is 11.9 Å². The van der Waals surface area contributed by atoms with Gasteiger partial charge in [-0.15, -0.1) is 0 Å². The van der Waals surface area contributed by atoms with Gasteiger partial charge in [-0.3, -0.25) is 10.1 Å². The van der Waals surface area contributed by atoms with Crippen molar-refractivity contribution in [1.29, 1.82) is 0 Å². The highest BCUT2D eigenvalue weighted by molar-refractivity contribution is 7.90. The quantitative estimate of drug-likeness (QED) is 0.348. The Balaban J connectivity index is 1.49. The lowest BCUT2D eigenvalue weighted by Gasteiger charge is -2.11. The number of nitrogens with zero attached hydrogens (tertiary/aromatic N) is 1. The van der Waals surface area contributed by atoms with E-state index in [2.05, 4.69) is 10.0 Å². The van der Waals surface area contributed by atoms with Gasteiger partial charge in [-0.2, -0.15) is 0 Å². The van der Waals surface area contributed by atoms with Gasteiger partial charge in [-0.25, -0.2) is 17.9 Å². The summed E-state index contributed by atoms with van der Waals surface area (Å²) < 4.78 is 34.6. The number of rotatable bonds is 8. The van der Waals surface area contributed by atoms with Crippen molar-refractivity contribution in [2.45, 2.75) is 31.7 Å². The lowest BCUT2D eigenvalue weighted by atomic mass is 10.1. The number of hydrogen-bond donors (Lipinski definition) is 2. The van der Waals surface area contributed by atoms with E-state index in [1.165, 1.54) is 6.07 Å². The van der Waals surface area contributed by atoms with Crippen molar-refractivity contribution in [2.24, 2.45) is 0 Å². The van der Waals surface area contributed by atoms with Crippen LogP contribution in [0.3, 0.4) is 0 Å². The molecule has 0 bridgehead atoms. The summed E-state index contributed by atoms with van der Waals surface area (Å²) in [5, 5.41) is 3.52. The van der Waals surface area contributed by atoms with Crippen molar-refractivity contribution >= 4 is 38.6 Å². The third-order valence-corrected chi connectivity index (χ3v) is 7.10. The monoisotopic (exact) mass is 505 g/mol. The van der Waals surface area contributed by atoms with Crippen LogP contribution in [0.25, 0.3) is 10.9 Å². The van der Waals surface area contributed by atoms with Gasteiger partial charge in [-0.05, 0) is 66.9 Å². The Morgan fingerprint density at radius 1 is 0.972 bits per heavy atom. The van der Waals surface area contributed by atoms with Gasteiger partial charge in [0, 0.05) is 34.9 Å². The van der Waals surface area contributed by atoms with Gasteiger partial charge in [0.2, 0.25) is 0 Å². The molecular formula is C27H27N3O5S. The van der Waals surface area contributed by atoms with Crippen LogP contribution in [-0.4, -0.2) is 31.6 Å². The fraction of sp³-hybridized carbons (Fsp3) is 0.185. The van der Waals surface area contributed by atoms with Gasteiger partial charge in [0.1, 0.15) is 0 Å². The normalized spacial score (nSPS) is 11.3. The number of amides is 2. The maximum Gasteiger partial charge on any atom is 0.411 e. The number of aryl methyl sites for hydroxylation is 1. The van der Waals surface area contributed by atoms with Gasteiger partial charge in [0.25, 0.3) is 15.9 Å². The SMILES string of the molecule is CCCOC(=O)Nc1cccc(Cn2ccc3cc(C(=O)NS(=O)(=O)c4ccccc4C)ccc32)c1. The molecule has 9 heteroatoms. The van der Waals surface area contributed by atoms with Crippen LogP contribution >= 0.6 is 0 Å². The maximum absolute atomic E-state index is 12.7. The molecule has 3 aromatic carbocycles. The molecule has 36 heavy (non-hydrogen) atoms. The molecule has 0 radical (unpaired) electrons. The van der Waals surface area contributed by atoms with E-state index >= 15 is 0 Å². The molecule has 0 saturated carbocycles. The molecule has 0 saturated heterocycles. The number of carbonyl (C=O) groups excluding carboxylic acids is 2. The molecule has 0 aliphatic carbocycles. The molecule has 2 amide bonds. The summed E-state index contributed by atoms with van der Waals surface area (Å²) in [5.41, 5.74) is 3.29. The molecule has 0 aliphatic heterocycles. The van der Waals surface area contributed by atoms with E-state index in [4.69, 9.17) is 4.74 Å². The highest BCUT2D eigenvalue weighted by Crippen LogP contribution is 2.21. The van der Waals surface area contributed by atoms with Crippen LogP contribution in [0.5, 0.6) is 0 Å². The zero-order valence-corrected chi connectivity index (χ0v) is 20.8. The van der Waals surface area contributed by atoms with Crippen molar-refractivity contribution < 1.29 is 22.7 Å². The van der Waals surface area contributed by atoms with Gasteiger partial charge in [-0.1, -0.05) is 37.3 Å². The predicted octanol–water partition coefficient (Wildman–Crippen LogP) is 5.08. The fourth-order valence-corrected chi connectivity index (χ4v) is 5.09. The fourth-order valence-electron chi connectivity index (χ4n) is 3.87. The van der Waals surface area contributed by atoms with Crippen molar-refractivity contribution in [3.05, 3.63) is 95.7 Å². The minimum atomic E-state index is -3.99. The van der Waals surface area contributed by atoms with Crippen LogP contribution in [0.4, 0.5) is 10.5 Å². The first-order valence-corrected chi connectivity index (χ1v) is 13.0. The standard InChI is InChI=1S/C27H27N3O5S/c1-3-15-35-27(32)28-23-9-6-8-20(16-23)18-30-14-13-21-17-22(11-12-24(21)30)26(31)29-36(33,34)25-10-5-4-7-19(25)2/h4-14,16-17H,3,15,18H2,1-2H3,(H,28,32)(H,29,31). The second-order valence-corrected chi connectivity index (χ2v) is 10.0. The summed E-state index contributed by atoms with van der Waals surface area (Å²) >= 11 is 0. The number of benzene rings is 3. The Hall–Kier alpha value is -4.11. The number of carbonyl (C=O) groups is 2. The van der Waals surface area contributed by atoms with Crippen LogP contribution in [-0.2, 0) is 21.3 Å². The van der Waals surface area contributed by atoms with E-state index in [9.17, 15) is 18.0 Å². The van der Waals surface area contributed by atoms with E-state index in [1.54, 1.807) is 49.4 Å². The van der Waals surface area contributed by atoms with Gasteiger partial charge in [0.05, 0.1) is 11.5 Å². The highest BCUT2D eigenvalue weighted by atomic mass is 32.2. The average Bonchev–Trinajstić information content (AvgIpc) is 3.24. The molecule has 186 valence electrons. The second-order valence-electron chi connectivity index (χ2n) is 8.38. The second kappa shape index (κ2) is 10.7. The first kappa shape index (κ1) is 25.0. The molecule has 0 aliphatic rings. The Labute approximate surface area is 209 Å². The first-order valence-electron chi connectivity index (χ1n) is 11.5. The van der Waals surface area contributed by atoms with Gasteiger partial charge >= 0.3 is 6.09 Å². The van der Waals surface area contributed by atoms with Crippen LogP contribution in [0.1, 0.15) is 34.8 Å². The Morgan fingerprint density at radius 3 is 2.56 bits per heavy atom. The zero-order valence-electron chi connectivity index (χ0n) is 20.0. The molecule has 2 N–H and O–H groups in total. The van der Waals surface area contributed by atoms with Crippen molar-refractivity contribution in [3.8, 4) is 0 Å². The number of fused-ring (bicyclic) bond motifs is 1. The van der Waals surface area contributed by atoms with Crippen LogP contribution in [0, 0.1) is 6.92 Å². The molecule has 8 nitrogen and oxygen atoms in total. The summed E-state index contributed by atoms with van der Waals surface area (Å²) in [4.78, 5) is 24.6. The van der Waals surface area contributed by atoms with E-state index in [0.29, 0.717) is 24.4 Å². The lowest BCUT2D eigenvalue weighted by Crippen LogP contribution is -2.31. The third-order valence-electron chi connectivity index (χ3n) is 5.61. The van der Waals surface area contributed by atoms with E-state index in [0.717, 1.165) is 22.9 Å². The smallest absolute Gasteiger partial charge is 0.411 e. The summed E-state index contributed by atoms with van der Waals surface area (Å²) in [7, 11) is -3.99. The topological polar surface area (TPSA) is 106 Å². The van der Waals surface area contributed by atoms with Crippen molar-refractivity contribution in [1.82, 2.24) is 9.29 Å². The Morgan fingerprint density at radius 2 is 1.78 bits per heavy atom. The molecule has 0 unspecified atom stereocenters. The van der Waals surface area contributed by atoms with Gasteiger partial charge < -0.3 is 9.30 Å². The predicted molar refractivity (Wildman–Crippen MR) is 139 cm³/mol. The average molecular weight is 506 g/mol. The summed E-state index contributed by atoms with van der Waals surface area (Å²) in [6, 6.07) is 20.9. The number of aromatic nitrogens is 1. The molecular weight excluding hydrogens is 478 g/mol. The number of sulfonamides is 1. The third kappa shape index (κ3) is 5.75. The first-order chi connectivity index (χ1) is 17.3. The maximum atomic E-state index is 12.7. The van der Waals surface area contributed by atoms with Crippen LogP contribution < -0.4 is 10.0 Å². The summed E-state index contributed by atoms with van der Waals surface area (Å²) in [6.45, 7) is 4.50. The molecule has 0 fully saturated rings. The largest absolute Gasteiger partial charge is 0.449 e. The summed E-state index contributed by atoms with van der Waals surface area (Å²) in [5.74, 6) is -0.693. The lowest BCUT2D eigenvalue weighted by molar-refractivity contribution is 0.0981. The molecule has 4 rings (SSSR count). The number of hydrogen-bond acceptors (Lipinski definition) is 5. The van der Waals surface area contributed by atoms with Crippen LogP contribution in [0.15, 0.2) is 83.9 Å². The summed E-state index contributed by atoms with van der Waals surface area (Å²) in [6.07, 6.45) is 2.15. The molecule has 4 aromatic rings. The van der Waals surface area contributed by atoms with E-state index < -0.39 is 22.0 Å². The number of ether oxygens (including phenoxy) is 1. The highest BCUT2D eigenvalue weighted by Gasteiger charge is 2.20. The minimum Gasteiger partial charge on any atom is -0.449 e. The Kier molecular flexibility index (Phi) is 7.40. The van der Waals surface area contributed by atoms with E-state index in [1.807, 2.05) is 42.0 Å². The Bertz CT molecular complexity index is 1530. The van der Waals surface area contributed by atoms with Crippen molar-refractivity contribution in [3.63, 3.8) is 0 Å². The number of nitrogens with one attached hydrogen (secondary N) is 2. The zero-order chi connectivity index (χ0) is 25.7. The van der Waals surface area contributed by atoms with Gasteiger partial charge in [0.15, 0.2) is 0 Å². The van der Waals surface area contributed by atoms with Crippen LogP contribution in [0.2, 0.25) is 0 Å². The number of anilines is 1. The molecule has 0 spiro atoms. The minimum absolute atomic E-state index is 0.0703.